The largest absolute Gasteiger partial charge is 0.381 e. The number of amides is 1. The zero-order valence-electron chi connectivity index (χ0n) is 13.8. The van der Waals surface area contributed by atoms with Gasteiger partial charge in [-0.05, 0) is 51.0 Å². The summed E-state index contributed by atoms with van der Waals surface area (Å²) in [5, 5.41) is 2.84. The first-order valence-corrected chi connectivity index (χ1v) is 9.23. The van der Waals surface area contributed by atoms with Crippen molar-refractivity contribution < 1.29 is 17.9 Å². The molecule has 1 saturated heterocycles. The van der Waals surface area contributed by atoms with E-state index in [1.807, 2.05) is 13.8 Å². The standard InChI is InChI=1S/C16H24N2O4S/c1-12(2)18(3)23(20,21)15-6-4-14(5-7-15)17-16(19)13-8-10-22-11-9-13/h4-7,12-13H,8-11H2,1-3H3,(H,17,19). The Morgan fingerprint density at radius 1 is 1.22 bits per heavy atom. The SMILES string of the molecule is CC(C)N(C)S(=O)(=O)c1ccc(NC(=O)C2CCOCC2)cc1. The molecule has 1 fully saturated rings. The van der Waals surface area contributed by atoms with Gasteiger partial charge in [-0.1, -0.05) is 0 Å². The summed E-state index contributed by atoms with van der Waals surface area (Å²) in [7, 11) is -1.94. The Bertz CT molecular complexity index is 635. The Balaban J connectivity index is 2.06. The summed E-state index contributed by atoms with van der Waals surface area (Å²) in [6, 6.07) is 6.17. The second-order valence-electron chi connectivity index (χ2n) is 6.02. The van der Waals surface area contributed by atoms with Crippen LogP contribution in [-0.2, 0) is 19.6 Å². The molecule has 0 atom stereocenters. The molecular formula is C16H24N2O4S. The molecule has 1 N–H and O–H groups in total. The number of nitrogens with zero attached hydrogens (tertiary/aromatic N) is 1. The highest BCUT2D eigenvalue weighted by Crippen LogP contribution is 2.21. The fourth-order valence-corrected chi connectivity index (χ4v) is 3.73. The van der Waals surface area contributed by atoms with Crippen molar-refractivity contribution in [1.29, 1.82) is 0 Å². The number of carbonyl (C=O) groups is 1. The van der Waals surface area contributed by atoms with Crippen LogP contribution in [0.1, 0.15) is 26.7 Å². The van der Waals surface area contributed by atoms with Crippen LogP contribution in [0.5, 0.6) is 0 Å². The summed E-state index contributed by atoms with van der Waals surface area (Å²) in [5.74, 6) is -0.0811. The molecule has 0 spiro atoms. The van der Waals surface area contributed by atoms with Crippen LogP contribution >= 0.6 is 0 Å². The van der Waals surface area contributed by atoms with E-state index in [0.717, 1.165) is 12.8 Å². The van der Waals surface area contributed by atoms with Gasteiger partial charge in [0.05, 0.1) is 4.90 Å². The molecule has 1 aliphatic heterocycles. The minimum Gasteiger partial charge on any atom is -0.381 e. The van der Waals surface area contributed by atoms with Gasteiger partial charge < -0.3 is 10.1 Å². The molecule has 23 heavy (non-hydrogen) atoms. The lowest BCUT2D eigenvalue weighted by Gasteiger charge is -2.22. The molecule has 6 nitrogen and oxygen atoms in total. The van der Waals surface area contributed by atoms with E-state index in [-0.39, 0.29) is 22.8 Å². The first-order valence-electron chi connectivity index (χ1n) is 7.79. The van der Waals surface area contributed by atoms with Crippen molar-refractivity contribution in [2.45, 2.75) is 37.6 Å². The molecule has 0 bridgehead atoms. The summed E-state index contributed by atoms with van der Waals surface area (Å²) in [6.45, 7) is 4.85. The third-order valence-electron chi connectivity index (χ3n) is 4.12. The molecule has 1 heterocycles. The van der Waals surface area contributed by atoms with Gasteiger partial charge in [-0.25, -0.2) is 8.42 Å². The van der Waals surface area contributed by atoms with E-state index in [1.165, 1.54) is 16.4 Å². The van der Waals surface area contributed by atoms with Crippen LogP contribution in [0.3, 0.4) is 0 Å². The molecule has 128 valence electrons. The quantitative estimate of drug-likeness (QED) is 0.890. The summed E-state index contributed by atoms with van der Waals surface area (Å²) in [5.41, 5.74) is 0.604. The fourth-order valence-electron chi connectivity index (χ4n) is 2.36. The Labute approximate surface area is 137 Å². The third-order valence-corrected chi connectivity index (χ3v) is 6.17. The lowest BCUT2D eigenvalue weighted by molar-refractivity contribution is -0.122. The molecule has 1 amide bonds. The van der Waals surface area contributed by atoms with Crippen molar-refractivity contribution in [2.24, 2.45) is 5.92 Å². The molecule has 0 unspecified atom stereocenters. The molecule has 2 rings (SSSR count). The second-order valence-corrected chi connectivity index (χ2v) is 8.01. The van der Waals surface area contributed by atoms with E-state index in [2.05, 4.69) is 5.32 Å². The first-order chi connectivity index (χ1) is 10.8. The van der Waals surface area contributed by atoms with Crippen molar-refractivity contribution in [2.75, 3.05) is 25.6 Å². The molecule has 0 aromatic heterocycles. The van der Waals surface area contributed by atoms with Crippen molar-refractivity contribution in [3.8, 4) is 0 Å². The second kappa shape index (κ2) is 7.42. The van der Waals surface area contributed by atoms with Gasteiger partial charge in [-0.3, -0.25) is 4.79 Å². The van der Waals surface area contributed by atoms with Crippen LogP contribution in [0.15, 0.2) is 29.2 Å². The van der Waals surface area contributed by atoms with Crippen molar-refractivity contribution in [3.05, 3.63) is 24.3 Å². The average Bonchev–Trinajstić information content (AvgIpc) is 2.55. The number of hydrogen-bond acceptors (Lipinski definition) is 4. The smallest absolute Gasteiger partial charge is 0.243 e. The van der Waals surface area contributed by atoms with Gasteiger partial charge in [0.2, 0.25) is 15.9 Å². The molecule has 7 heteroatoms. The number of carbonyl (C=O) groups excluding carboxylic acids is 1. The molecule has 0 aliphatic carbocycles. The van der Waals surface area contributed by atoms with E-state index in [4.69, 9.17) is 4.74 Å². The van der Waals surface area contributed by atoms with Gasteiger partial charge >= 0.3 is 0 Å². The number of sulfonamides is 1. The highest BCUT2D eigenvalue weighted by Gasteiger charge is 2.24. The third kappa shape index (κ3) is 4.31. The van der Waals surface area contributed by atoms with E-state index in [0.29, 0.717) is 18.9 Å². The summed E-state index contributed by atoms with van der Waals surface area (Å²) in [4.78, 5) is 12.4. The number of nitrogens with one attached hydrogen (secondary N) is 1. The monoisotopic (exact) mass is 340 g/mol. The lowest BCUT2D eigenvalue weighted by atomic mass is 9.99. The molecular weight excluding hydrogens is 316 g/mol. The van der Waals surface area contributed by atoms with Crippen LogP contribution in [0.4, 0.5) is 5.69 Å². The maximum absolute atomic E-state index is 12.4. The molecule has 0 radical (unpaired) electrons. The first kappa shape index (κ1) is 17.9. The Morgan fingerprint density at radius 3 is 2.30 bits per heavy atom. The van der Waals surface area contributed by atoms with E-state index >= 15 is 0 Å². The fraction of sp³-hybridized carbons (Fsp3) is 0.562. The molecule has 1 aromatic rings. The van der Waals surface area contributed by atoms with Crippen LogP contribution in [-0.4, -0.2) is 44.9 Å². The predicted molar refractivity (Wildman–Crippen MR) is 88.7 cm³/mol. The zero-order valence-corrected chi connectivity index (χ0v) is 14.6. The Hall–Kier alpha value is -1.44. The minimum absolute atomic E-state index is 0.0387. The van der Waals surface area contributed by atoms with E-state index < -0.39 is 10.0 Å². The summed E-state index contributed by atoms with van der Waals surface area (Å²) < 4.78 is 31.3. The normalized spacial score (nSPS) is 16.7. The van der Waals surface area contributed by atoms with Gasteiger partial charge in [0, 0.05) is 37.9 Å². The van der Waals surface area contributed by atoms with E-state index in [1.54, 1.807) is 19.2 Å². The summed E-state index contributed by atoms with van der Waals surface area (Å²) >= 11 is 0. The topological polar surface area (TPSA) is 75.7 Å². The van der Waals surface area contributed by atoms with Crippen LogP contribution in [0.25, 0.3) is 0 Å². The van der Waals surface area contributed by atoms with Crippen LogP contribution in [0.2, 0.25) is 0 Å². The zero-order chi connectivity index (χ0) is 17.0. The van der Waals surface area contributed by atoms with Crippen LogP contribution in [0, 0.1) is 5.92 Å². The van der Waals surface area contributed by atoms with Gasteiger partial charge in [0.25, 0.3) is 0 Å². The molecule has 1 aliphatic rings. The number of rotatable bonds is 5. The van der Waals surface area contributed by atoms with Crippen LogP contribution < -0.4 is 5.32 Å². The number of benzene rings is 1. The minimum atomic E-state index is -3.50. The number of anilines is 1. The molecule has 1 aromatic carbocycles. The van der Waals surface area contributed by atoms with E-state index in [9.17, 15) is 13.2 Å². The van der Waals surface area contributed by atoms with Crippen molar-refractivity contribution in [1.82, 2.24) is 4.31 Å². The lowest BCUT2D eigenvalue weighted by Crippen LogP contribution is -2.33. The highest BCUT2D eigenvalue weighted by molar-refractivity contribution is 7.89. The average molecular weight is 340 g/mol. The number of ether oxygens (including phenoxy) is 1. The van der Waals surface area contributed by atoms with Crippen molar-refractivity contribution in [3.63, 3.8) is 0 Å². The molecule has 0 saturated carbocycles. The highest BCUT2D eigenvalue weighted by atomic mass is 32.2. The maximum atomic E-state index is 12.4. The Morgan fingerprint density at radius 2 is 1.78 bits per heavy atom. The van der Waals surface area contributed by atoms with Crippen molar-refractivity contribution >= 4 is 21.6 Å². The summed E-state index contributed by atoms with van der Waals surface area (Å²) in [6.07, 6.45) is 1.44. The predicted octanol–water partition coefficient (Wildman–Crippen LogP) is 2.08. The maximum Gasteiger partial charge on any atom is 0.243 e. The van der Waals surface area contributed by atoms with Gasteiger partial charge in [-0.15, -0.1) is 0 Å². The Kier molecular flexibility index (Phi) is 5.78. The van der Waals surface area contributed by atoms with Gasteiger partial charge in [0.1, 0.15) is 0 Å². The number of hydrogen-bond donors (Lipinski definition) is 1. The van der Waals surface area contributed by atoms with Gasteiger partial charge in [0.15, 0.2) is 0 Å². The van der Waals surface area contributed by atoms with Gasteiger partial charge in [-0.2, -0.15) is 4.31 Å².